The molecular formula is C20H29FN4O3. The number of anilines is 1. The van der Waals surface area contributed by atoms with Crippen molar-refractivity contribution in [1.82, 2.24) is 15.5 Å². The molecule has 2 fully saturated rings. The van der Waals surface area contributed by atoms with Crippen LogP contribution in [0.3, 0.4) is 0 Å². The molecule has 0 saturated carbocycles. The van der Waals surface area contributed by atoms with Gasteiger partial charge in [0.2, 0.25) is 5.91 Å². The van der Waals surface area contributed by atoms with Crippen molar-refractivity contribution in [2.75, 3.05) is 37.7 Å². The second kappa shape index (κ2) is 7.95. The molecule has 0 atom stereocenters. The fourth-order valence-corrected chi connectivity index (χ4v) is 3.82. The maximum atomic E-state index is 13.3. The van der Waals surface area contributed by atoms with Crippen molar-refractivity contribution in [3.63, 3.8) is 0 Å². The Labute approximate surface area is 165 Å². The van der Waals surface area contributed by atoms with Crippen LogP contribution in [0.25, 0.3) is 0 Å². The molecule has 2 aliphatic heterocycles. The van der Waals surface area contributed by atoms with Crippen molar-refractivity contribution in [2.45, 2.75) is 44.8 Å². The van der Waals surface area contributed by atoms with E-state index in [1.54, 1.807) is 12.1 Å². The molecule has 2 N–H and O–H groups in total. The van der Waals surface area contributed by atoms with Crippen LogP contribution in [0.5, 0.6) is 0 Å². The number of carbonyl (C=O) groups excluding carboxylic acids is 2. The molecule has 3 rings (SSSR count). The second-order valence-corrected chi connectivity index (χ2v) is 8.37. The topological polar surface area (TPSA) is 73.9 Å². The van der Waals surface area contributed by atoms with Crippen molar-refractivity contribution in [1.29, 1.82) is 0 Å². The predicted molar refractivity (Wildman–Crippen MR) is 105 cm³/mol. The SMILES string of the molecule is CC(C)(C)OC(=O)NCCN1CCC2(CC1)C(=O)NCN2c1ccc(F)cc1. The van der Waals surface area contributed by atoms with Gasteiger partial charge in [-0.15, -0.1) is 0 Å². The highest BCUT2D eigenvalue weighted by Crippen LogP contribution is 2.36. The lowest BCUT2D eigenvalue weighted by molar-refractivity contribution is -0.125. The summed E-state index contributed by atoms with van der Waals surface area (Å²) in [6.45, 7) is 8.62. The normalized spacial score (nSPS) is 19.6. The van der Waals surface area contributed by atoms with Crippen molar-refractivity contribution in [3.05, 3.63) is 30.1 Å². The Hall–Kier alpha value is -2.35. The van der Waals surface area contributed by atoms with E-state index in [0.717, 1.165) is 18.8 Å². The molecule has 2 heterocycles. The lowest BCUT2D eigenvalue weighted by atomic mass is 9.85. The summed E-state index contributed by atoms with van der Waals surface area (Å²) in [5.41, 5.74) is -0.256. The molecule has 1 aromatic carbocycles. The Morgan fingerprint density at radius 2 is 1.89 bits per heavy atom. The number of nitrogens with zero attached hydrogens (tertiary/aromatic N) is 2. The number of rotatable bonds is 4. The third kappa shape index (κ3) is 4.55. The van der Waals surface area contributed by atoms with Crippen LogP contribution >= 0.6 is 0 Å². The first-order valence-corrected chi connectivity index (χ1v) is 9.70. The summed E-state index contributed by atoms with van der Waals surface area (Å²) in [7, 11) is 0. The number of ether oxygens (including phenoxy) is 1. The van der Waals surface area contributed by atoms with Crippen LogP contribution in [0.2, 0.25) is 0 Å². The first-order valence-electron chi connectivity index (χ1n) is 9.70. The summed E-state index contributed by atoms with van der Waals surface area (Å²) in [6, 6.07) is 6.27. The number of likely N-dealkylation sites (tertiary alicyclic amines) is 1. The Morgan fingerprint density at radius 1 is 1.25 bits per heavy atom. The smallest absolute Gasteiger partial charge is 0.407 e. The zero-order valence-electron chi connectivity index (χ0n) is 16.8. The van der Waals surface area contributed by atoms with Gasteiger partial charge in [0.25, 0.3) is 0 Å². The highest BCUT2D eigenvalue weighted by atomic mass is 19.1. The molecule has 0 bridgehead atoms. The molecule has 0 aliphatic carbocycles. The second-order valence-electron chi connectivity index (χ2n) is 8.37. The lowest BCUT2D eigenvalue weighted by Crippen LogP contribution is -2.57. The number of carbonyl (C=O) groups is 2. The Bertz CT molecular complexity index is 709. The molecule has 154 valence electrons. The van der Waals surface area contributed by atoms with Gasteiger partial charge >= 0.3 is 6.09 Å². The van der Waals surface area contributed by atoms with Gasteiger partial charge in [-0.05, 0) is 57.9 Å². The number of benzene rings is 1. The van der Waals surface area contributed by atoms with Crippen LogP contribution < -0.4 is 15.5 Å². The van der Waals surface area contributed by atoms with E-state index < -0.39 is 17.2 Å². The van der Waals surface area contributed by atoms with Crippen LogP contribution in [-0.4, -0.2) is 60.9 Å². The molecule has 2 saturated heterocycles. The van der Waals surface area contributed by atoms with Gasteiger partial charge in [0.1, 0.15) is 17.0 Å². The number of piperidine rings is 1. The van der Waals surface area contributed by atoms with Crippen molar-refractivity contribution >= 4 is 17.7 Å². The predicted octanol–water partition coefficient (Wildman–Crippen LogP) is 2.08. The first kappa shape index (κ1) is 20.4. The number of halogens is 1. The molecule has 1 spiro atoms. The summed E-state index contributed by atoms with van der Waals surface area (Å²) in [5.74, 6) is -0.257. The van der Waals surface area contributed by atoms with Crippen molar-refractivity contribution in [2.24, 2.45) is 0 Å². The van der Waals surface area contributed by atoms with E-state index in [2.05, 4.69) is 15.5 Å². The fraction of sp³-hybridized carbons (Fsp3) is 0.600. The van der Waals surface area contributed by atoms with E-state index >= 15 is 0 Å². The van der Waals surface area contributed by atoms with E-state index in [9.17, 15) is 14.0 Å². The number of alkyl carbamates (subject to hydrolysis) is 1. The Kier molecular flexibility index (Phi) is 5.79. The molecule has 8 heteroatoms. The van der Waals surface area contributed by atoms with Gasteiger partial charge in [-0.1, -0.05) is 0 Å². The summed E-state index contributed by atoms with van der Waals surface area (Å²) in [5, 5.41) is 5.71. The molecular weight excluding hydrogens is 363 g/mol. The number of nitrogens with one attached hydrogen (secondary N) is 2. The molecule has 0 unspecified atom stereocenters. The van der Waals surface area contributed by atoms with Crippen LogP contribution in [0.1, 0.15) is 33.6 Å². The number of amides is 2. The van der Waals surface area contributed by atoms with Gasteiger partial charge in [-0.2, -0.15) is 0 Å². The van der Waals surface area contributed by atoms with Crippen LogP contribution in [0.15, 0.2) is 24.3 Å². The summed E-state index contributed by atoms with van der Waals surface area (Å²) < 4.78 is 18.5. The summed E-state index contributed by atoms with van der Waals surface area (Å²) >= 11 is 0. The monoisotopic (exact) mass is 392 g/mol. The van der Waals surface area contributed by atoms with Crippen LogP contribution in [0, 0.1) is 5.82 Å². The third-order valence-corrected chi connectivity index (χ3v) is 5.25. The van der Waals surface area contributed by atoms with Gasteiger partial charge in [0, 0.05) is 31.9 Å². The van der Waals surface area contributed by atoms with Crippen molar-refractivity contribution in [3.8, 4) is 0 Å². The standard InChI is InChI=1S/C20H29FN4O3/c1-19(2,3)28-18(27)22-10-13-24-11-8-20(9-12-24)17(26)23-14-25(20)16-6-4-15(21)5-7-16/h4-7H,8-14H2,1-3H3,(H,22,27)(H,23,26). The maximum absolute atomic E-state index is 13.3. The zero-order valence-corrected chi connectivity index (χ0v) is 16.8. The molecule has 7 nitrogen and oxygen atoms in total. The lowest BCUT2D eigenvalue weighted by Gasteiger charge is -2.43. The van der Waals surface area contributed by atoms with Gasteiger partial charge in [0.15, 0.2) is 0 Å². The first-order chi connectivity index (χ1) is 13.2. The van der Waals surface area contributed by atoms with Gasteiger partial charge in [0.05, 0.1) is 6.67 Å². The van der Waals surface area contributed by atoms with Crippen LogP contribution in [0.4, 0.5) is 14.9 Å². The average molecular weight is 392 g/mol. The zero-order chi connectivity index (χ0) is 20.4. The quantitative estimate of drug-likeness (QED) is 0.821. The molecule has 28 heavy (non-hydrogen) atoms. The van der Waals surface area contributed by atoms with Crippen molar-refractivity contribution < 1.29 is 18.7 Å². The maximum Gasteiger partial charge on any atom is 0.407 e. The fourth-order valence-electron chi connectivity index (χ4n) is 3.82. The minimum Gasteiger partial charge on any atom is -0.444 e. The summed E-state index contributed by atoms with van der Waals surface area (Å²) in [6.07, 6.45) is 0.948. The minimum atomic E-state index is -0.590. The van der Waals surface area contributed by atoms with E-state index in [1.807, 2.05) is 25.7 Å². The van der Waals surface area contributed by atoms with E-state index in [1.165, 1.54) is 12.1 Å². The van der Waals surface area contributed by atoms with E-state index in [4.69, 9.17) is 4.74 Å². The molecule has 2 amide bonds. The van der Waals surface area contributed by atoms with E-state index in [0.29, 0.717) is 32.6 Å². The number of hydrogen-bond donors (Lipinski definition) is 2. The largest absolute Gasteiger partial charge is 0.444 e. The highest BCUT2D eigenvalue weighted by molar-refractivity contribution is 5.93. The third-order valence-electron chi connectivity index (χ3n) is 5.25. The average Bonchev–Trinajstić information content (AvgIpc) is 2.92. The van der Waals surface area contributed by atoms with Gasteiger partial charge < -0.3 is 25.2 Å². The van der Waals surface area contributed by atoms with Gasteiger partial charge in [-0.25, -0.2) is 9.18 Å². The number of hydrogen-bond acceptors (Lipinski definition) is 5. The molecule has 1 aromatic rings. The molecule has 0 aromatic heterocycles. The Morgan fingerprint density at radius 3 is 2.50 bits per heavy atom. The van der Waals surface area contributed by atoms with Crippen LogP contribution in [-0.2, 0) is 9.53 Å². The van der Waals surface area contributed by atoms with E-state index in [-0.39, 0.29) is 11.7 Å². The highest BCUT2D eigenvalue weighted by Gasteiger charge is 2.50. The molecule has 0 radical (unpaired) electrons. The summed E-state index contributed by atoms with van der Waals surface area (Å²) in [4.78, 5) is 28.6. The molecule has 2 aliphatic rings. The van der Waals surface area contributed by atoms with Gasteiger partial charge in [-0.3, -0.25) is 4.79 Å². The Balaban J connectivity index is 1.53. The minimum absolute atomic E-state index is 0.0309.